The Bertz CT molecular complexity index is 4240. The molecule has 0 radical (unpaired) electrons. The third kappa shape index (κ3) is 11.1. The second-order valence-corrected chi connectivity index (χ2v) is 30.1. The average Bonchev–Trinajstić information content (AvgIpc) is 1.54. The molecule has 6 aromatic carbocycles. The first kappa shape index (κ1) is 65.9. The number of benzene rings is 6. The Balaban J connectivity index is 0.000000118. The summed E-state index contributed by atoms with van der Waals surface area (Å²) in [5, 5.41) is 28.9. The van der Waals surface area contributed by atoms with Crippen LogP contribution in [0.25, 0.3) is 0 Å². The van der Waals surface area contributed by atoms with Gasteiger partial charge in [-0.1, -0.05) is 53.7 Å². The van der Waals surface area contributed by atoms with E-state index in [1.165, 1.54) is 78.2 Å². The number of nitrogens with zero attached hydrogens (tertiary/aromatic N) is 6. The standard InChI is InChI=1S/3C28H27N3O.CH3FS/c3*1-32-22-10-12-27(13-11-22)16-21-8-6-19(5-4-18-2-3-18)14-24(21)28(27)25-15-20(17-29)7-9-23(25)26(30)31-28;1-3-2/h3*6-9,14-15,18,22H,2-3,10-13,16H2,1H3,(H2,30,31);1H3/t2*22?,27?,28-;;/m10../s1. The molecule has 0 bridgehead atoms. The molecule has 6 spiro atoms. The summed E-state index contributed by atoms with van der Waals surface area (Å²) in [6.07, 6.45) is 24.8. The van der Waals surface area contributed by atoms with Crippen LogP contribution in [0.2, 0.25) is 0 Å². The highest BCUT2D eigenvalue weighted by Gasteiger charge is 2.65. The van der Waals surface area contributed by atoms with E-state index in [0.717, 1.165) is 146 Å². The van der Waals surface area contributed by atoms with Crippen molar-refractivity contribution in [2.24, 2.45) is 66.2 Å². The van der Waals surface area contributed by atoms with Crippen molar-refractivity contribution < 1.29 is 18.1 Å². The summed E-state index contributed by atoms with van der Waals surface area (Å²) in [6.45, 7) is 0. The summed E-state index contributed by atoms with van der Waals surface area (Å²) in [7, 11) is 5.44. The molecule has 6 saturated carbocycles. The molecule has 6 N–H and O–H groups in total. The number of amidine groups is 3. The van der Waals surface area contributed by atoms with Crippen molar-refractivity contribution in [3.63, 3.8) is 0 Å². The van der Waals surface area contributed by atoms with Crippen molar-refractivity contribution >= 4 is 29.7 Å². The van der Waals surface area contributed by atoms with E-state index in [1.807, 2.05) is 75.9 Å². The Morgan fingerprint density at radius 3 is 0.859 bits per heavy atom. The van der Waals surface area contributed by atoms with E-state index in [-0.39, 0.29) is 28.4 Å². The molecule has 500 valence electrons. The fraction of sp³-hybridized carbons (Fsp3) is 0.435. The van der Waals surface area contributed by atoms with Gasteiger partial charge < -0.3 is 31.4 Å². The second kappa shape index (κ2) is 26.0. The van der Waals surface area contributed by atoms with E-state index < -0.39 is 16.6 Å². The van der Waals surface area contributed by atoms with Gasteiger partial charge in [-0.15, -0.1) is 0 Å². The van der Waals surface area contributed by atoms with Crippen LogP contribution >= 0.6 is 12.1 Å². The van der Waals surface area contributed by atoms with Crippen LogP contribution in [0, 0.1) is 104 Å². The molecule has 6 fully saturated rings. The maximum atomic E-state index is 10.2. The van der Waals surface area contributed by atoms with Gasteiger partial charge in [0, 0.05) is 107 Å². The lowest BCUT2D eigenvalue weighted by molar-refractivity contribution is 0.00682. The number of fused-ring (bicyclic) bond motifs is 15. The molecule has 1 unspecified atom stereocenters. The van der Waals surface area contributed by atoms with Gasteiger partial charge in [0.2, 0.25) is 0 Å². The van der Waals surface area contributed by atoms with Gasteiger partial charge in [0.05, 0.1) is 53.2 Å². The van der Waals surface area contributed by atoms with Crippen LogP contribution in [0.3, 0.4) is 0 Å². The number of halogens is 1. The molecular weight excluding hydrogens is 1250 g/mol. The van der Waals surface area contributed by atoms with Crippen LogP contribution < -0.4 is 17.2 Å². The lowest BCUT2D eigenvalue weighted by Gasteiger charge is -2.47. The lowest BCUT2D eigenvalue weighted by Crippen LogP contribution is -2.45. The lowest BCUT2D eigenvalue weighted by atomic mass is 9.59. The van der Waals surface area contributed by atoms with Crippen LogP contribution in [0.15, 0.2) is 124 Å². The summed E-state index contributed by atoms with van der Waals surface area (Å²) in [5.41, 5.74) is 36.9. The van der Waals surface area contributed by atoms with Gasteiger partial charge in [0.25, 0.3) is 0 Å². The van der Waals surface area contributed by atoms with Crippen molar-refractivity contribution in [2.75, 3.05) is 27.6 Å². The maximum Gasteiger partial charge on any atom is 0.127 e. The number of methoxy groups -OCH3 is 3. The number of rotatable bonds is 3. The molecule has 12 nitrogen and oxygen atoms in total. The number of hydrogen-bond acceptors (Lipinski definition) is 13. The van der Waals surface area contributed by atoms with Gasteiger partial charge in [-0.3, -0.25) is 15.0 Å². The first-order chi connectivity index (χ1) is 48.2. The summed E-state index contributed by atoms with van der Waals surface area (Å²) in [5.74, 6) is 23.9. The molecule has 3 atom stereocenters. The fourth-order valence-electron chi connectivity index (χ4n) is 18.9. The number of nitriles is 3. The molecule has 12 aliphatic rings. The van der Waals surface area contributed by atoms with Gasteiger partial charge >= 0.3 is 0 Å². The highest BCUT2D eigenvalue weighted by atomic mass is 32.2. The van der Waals surface area contributed by atoms with Crippen molar-refractivity contribution in [1.82, 2.24) is 0 Å². The number of aliphatic imine (C=N–C) groups is 3. The first-order valence-corrected chi connectivity index (χ1v) is 36.7. The van der Waals surface area contributed by atoms with Crippen LogP contribution in [0.1, 0.15) is 216 Å². The fourth-order valence-corrected chi connectivity index (χ4v) is 18.9. The first-order valence-electron chi connectivity index (χ1n) is 35.6. The van der Waals surface area contributed by atoms with Crippen molar-refractivity contribution in [3.05, 3.63) is 209 Å². The Morgan fingerprint density at radius 2 is 0.626 bits per heavy atom. The summed E-state index contributed by atoms with van der Waals surface area (Å²) < 4.78 is 27.3. The van der Waals surface area contributed by atoms with Gasteiger partial charge in [0.15, 0.2) is 0 Å². The van der Waals surface area contributed by atoms with Gasteiger partial charge in [-0.05, 0) is 276 Å². The van der Waals surface area contributed by atoms with Crippen LogP contribution in [0.4, 0.5) is 3.89 Å². The number of ether oxygens (including phenoxy) is 3. The smallest absolute Gasteiger partial charge is 0.127 e. The molecule has 0 amide bonds. The third-order valence-corrected chi connectivity index (χ3v) is 24.4. The second-order valence-electron chi connectivity index (χ2n) is 29.8. The SMILES string of the molecule is COC1CCC2(CC1)Cc1ccc(C#CC3CC3)cc1C21N=C(N)c2ccc(C#N)cc21.COC1CCC2(CC1)Cc1ccc(C#CC3CC3)cc1[C@@]21N=C(N)c2ccc(C#N)cc21.COC1CCC2(CC1)Cc1ccc(C#CC3CC3)cc1[C@]21N=C(N)c2ccc(C#N)cc21.CSF. The van der Waals surface area contributed by atoms with E-state index in [1.54, 1.807) is 0 Å². The Hall–Kier alpha value is -8.96. The monoisotopic (exact) mass is 1330 g/mol. The molecule has 6 aromatic rings. The van der Waals surface area contributed by atoms with E-state index in [2.05, 4.69) is 108 Å². The van der Waals surface area contributed by atoms with Gasteiger partial charge in [0.1, 0.15) is 34.1 Å². The zero-order chi connectivity index (χ0) is 68.5. The third-order valence-electron chi connectivity index (χ3n) is 24.4. The minimum atomic E-state index is -0.551. The quantitative estimate of drug-likeness (QED) is 0.143. The van der Waals surface area contributed by atoms with Gasteiger partial charge in [-0.2, -0.15) is 19.7 Å². The van der Waals surface area contributed by atoms with Gasteiger partial charge in [-0.25, -0.2) is 0 Å². The molecule has 18 rings (SSSR count). The van der Waals surface area contributed by atoms with Crippen LogP contribution in [-0.4, -0.2) is 63.4 Å². The topological polar surface area (TPSA) is 214 Å². The van der Waals surface area contributed by atoms with Crippen molar-refractivity contribution in [3.8, 4) is 53.7 Å². The van der Waals surface area contributed by atoms with Crippen molar-refractivity contribution in [1.29, 1.82) is 15.8 Å². The predicted molar refractivity (Wildman–Crippen MR) is 387 cm³/mol. The maximum absolute atomic E-state index is 10.2. The number of nitrogens with two attached hydrogens (primary N) is 3. The van der Waals surface area contributed by atoms with E-state index in [4.69, 9.17) is 46.4 Å². The molecule has 0 aromatic heterocycles. The van der Waals surface area contributed by atoms with E-state index in [0.29, 0.717) is 70.3 Å². The number of hydrogen-bond donors (Lipinski definition) is 3. The minimum Gasteiger partial charge on any atom is -0.383 e. The molecule has 14 heteroatoms. The molecule has 3 heterocycles. The Morgan fingerprint density at radius 1 is 0.384 bits per heavy atom. The highest BCUT2D eigenvalue weighted by Crippen LogP contribution is 2.68. The molecule has 0 saturated heterocycles. The highest BCUT2D eigenvalue weighted by molar-refractivity contribution is 7.93. The largest absolute Gasteiger partial charge is 0.383 e. The normalized spacial score (nSPS) is 29.0. The zero-order valence-electron chi connectivity index (χ0n) is 57.1. The summed E-state index contributed by atoms with van der Waals surface area (Å²) in [4.78, 5) is 15.8. The van der Waals surface area contributed by atoms with Crippen LogP contribution in [0.5, 0.6) is 0 Å². The Labute approximate surface area is 586 Å². The molecule has 3 aliphatic heterocycles. The van der Waals surface area contributed by atoms with Crippen molar-refractivity contribution in [2.45, 2.75) is 170 Å². The summed E-state index contributed by atoms with van der Waals surface area (Å²) in [6, 6.07) is 44.6. The predicted octanol–water partition coefficient (Wildman–Crippen LogP) is 14.5. The summed E-state index contributed by atoms with van der Waals surface area (Å²) >= 11 is 0.250. The minimum absolute atomic E-state index is 0.0587. The van der Waals surface area contributed by atoms with E-state index >= 15 is 0 Å². The average molecular weight is 1330 g/mol. The van der Waals surface area contributed by atoms with Crippen LogP contribution in [-0.2, 0) is 50.1 Å². The Kier molecular flexibility index (Phi) is 17.3. The molecule has 99 heavy (non-hydrogen) atoms. The molecule has 9 aliphatic carbocycles. The van der Waals surface area contributed by atoms with E-state index in [9.17, 15) is 19.7 Å². The zero-order valence-corrected chi connectivity index (χ0v) is 57.9. The molecular formula is C85H84FN9O3S.